The summed E-state index contributed by atoms with van der Waals surface area (Å²) in [5.74, 6) is 0.127. The maximum absolute atomic E-state index is 12.2. The van der Waals surface area contributed by atoms with Crippen LogP contribution in [0.3, 0.4) is 0 Å². The number of nitrogens with zero attached hydrogens (tertiary/aromatic N) is 1. The van der Waals surface area contributed by atoms with E-state index in [0.717, 1.165) is 42.3 Å². The number of hydrogen-bond donors (Lipinski definition) is 3. The van der Waals surface area contributed by atoms with Gasteiger partial charge in [0.15, 0.2) is 0 Å². The molecule has 5 nitrogen and oxygen atoms in total. The molecule has 4 N–H and O–H groups in total. The lowest BCUT2D eigenvalue weighted by molar-refractivity contribution is -0.120. The average molecular weight is 258 g/mol. The zero-order chi connectivity index (χ0) is 13.2. The number of fused-ring (bicyclic) bond motifs is 1. The van der Waals surface area contributed by atoms with E-state index in [1.807, 2.05) is 18.2 Å². The van der Waals surface area contributed by atoms with E-state index in [4.69, 9.17) is 5.73 Å². The van der Waals surface area contributed by atoms with Crippen LogP contribution in [-0.4, -0.2) is 22.1 Å². The molecule has 2 aromatic rings. The summed E-state index contributed by atoms with van der Waals surface area (Å²) in [6.07, 6.45) is 5.56. The first kappa shape index (κ1) is 12.2. The molecule has 0 unspecified atom stereocenters. The third-order valence-electron chi connectivity index (χ3n) is 3.79. The Hall–Kier alpha value is -1.88. The first-order chi connectivity index (χ1) is 9.22. The number of rotatable bonds is 2. The monoisotopic (exact) mass is 258 g/mol. The van der Waals surface area contributed by atoms with Crippen LogP contribution in [0.5, 0.6) is 0 Å². The van der Waals surface area contributed by atoms with Crippen molar-refractivity contribution in [1.82, 2.24) is 10.2 Å². The Morgan fingerprint density at radius 3 is 3.16 bits per heavy atom. The summed E-state index contributed by atoms with van der Waals surface area (Å²) in [6, 6.07) is 5.91. The average Bonchev–Trinajstić information content (AvgIpc) is 2.86. The van der Waals surface area contributed by atoms with Crippen molar-refractivity contribution in [2.75, 3.05) is 5.32 Å². The molecule has 1 amide bonds. The van der Waals surface area contributed by atoms with Crippen molar-refractivity contribution in [1.29, 1.82) is 0 Å². The van der Waals surface area contributed by atoms with Crippen molar-refractivity contribution < 1.29 is 4.79 Å². The van der Waals surface area contributed by atoms with Gasteiger partial charge in [0.05, 0.1) is 11.7 Å². The van der Waals surface area contributed by atoms with E-state index in [1.165, 1.54) is 0 Å². The van der Waals surface area contributed by atoms with Gasteiger partial charge in [0, 0.05) is 23.0 Å². The molecule has 19 heavy (non-hydrogen) atoms. The van der Waals surface area contributed by atoms with Gasteiger partial charge in [-0.25, -0.2) is 0 Å². The molecule has 1 aliphatic rings. The third-order valence-corrected chi connectivity index (χ3v) is 3.79. The van der Waals surface area contributed by atoms with E-state index >= 15 is 0 Å². The zero-order valence-electron chi connectivity index (χ0n) is 10.7. The Morgan fingerprint density at radius 2 is 2.32 bits per heavy atom. The third kappa shape index (κ3) is 2.61. The highest BCUT2D eigenvalue weighted by Gasteiger charge is 2.25. The molecule has 1 aromatic heterocycles. The fourth-order valence-corrected chi connectivity index (χ4v) is 2.73. The summed E-state index contributed by atoms with van der Waals surface area (Å²) in [5.41, 5.74) is 7.71. The number of carbonyl (C=O) groups is 1. The molecule has 0 radical (unpaired) electrons. The minimum atomic E-state index is 0.0452. The van der Waals surface area contributed by atoms with Gasteiger partial charge in [-0.1, -0.05) is 6.42 Å². The molecule has 0 aliphatic heterocycles. The smallest absolute Gasteiger partial charge is 0.227 e. The minimum Gasteiger partial charge on any atom is -0.328 e. The van der Waals surface area contributed by atoms with Crippen LogP contribution in [0, 0.1) is 5.92 Å². The molecule has 100 valence electrons. The van der Waals surface area contributed by atoms with E-state index in [1.54, 1.807) is 6.20 Å². The summed E-state index contributed by atoms with van der Waals surface area (Å²) >= 11 is 0. The van der Waals surface area contributed by atoms with E-state index in [9.17, 15) is 4.79 Å². The highest BCUT2D eigenvalue weighted by molar-refractivity contribution is 5.94. The molecule has 1 heterocycles. The number of aromatic nitrogens is 2. The maximum atomic E-state index is 12.2. The predicted molar refractivity (Wildman–Crippen MR) is 74.7 cm³/mol. The molecule has 1 aromatic carbocycles. The zero-order valence-corrected chi connectivity index (χ0v) is 10.7. The first-order valence-corrected chi connectivity index (χ1v) is 6.72. The fraction of sp³-hybridized carbons (Fsp3) is 0.429. The number of anilines is 1. The van der Waals surface area contributed by atoms with Crippen LogP contribution < -0.4 is 11.1 Å². The van der Waals surface area contributed by atoms with E-state index in [0.29, 0.717) is 0 Å². The number of H-pyrrole nitrogens is 1. The number of benzene rings is 1. The van der Waals surface area contributed by atoms with Crippen LogP contribution in [-0.2, 0) is 4.79 Å². The van der Waals surface area contributed by atoms with Gasteiger partial charge in [-0.3, -0.25) is 9.89 Å². The lowest BCUT2D eigenvalue weighted by Crippen LogP contribution is -2.34. The summed E-state index contributed by atoms with van der Waals surface area (Å²) in [4.78, 5) is 12.2. The van der Waals surface area contributed by atoms with Crippen molar-refractivity contribution in [3.63, 3.8) is 0 Å². The lowest BCUT2D eigenvalue weighted by Gasteiger charge is -2.25. The predicted octanol–water partition coefficient (Wildman–Crippen LogP) is 2.02. The molecule has 1 aliphatic carbocycles. The Balaban J connectivity index is 1.71. The van der Waals surface area contributed by atoms with Gasteiger partial charge in [-0.05, 0) is 37.5 Å². The van der Waals surface area contributed by atoms with Crippen LogP contribution in [0.15, 0.2) is 24.4 Å². The van der Waals surface area contributed by atoms with E-state index in [-0.39, 0.29) is 17.9 Å². The van der Waals surface area contributed by atoms with Crippen molar-refractivity contribution in [3.8, 4) is 0 Å². The SMILES string of the molecule is N[C@H]1CCC[C@H](C(=O)Nc2ccc3[nH]ncc3c2)C1. The van der Waals surface area contributed by atoms with Crippen molar-refractivity contribution >= 4 is 22.5 Å². The molecule has 3 rings (SSSR count). The van der Waals surface area contributed by atoms with Crippen LogP contribution in [0.1, 0.15) is 25.7 Å². The van der Waals surface area contributed by atoms with Gasteiger partial charge in [-0.2, -0.15) is 5.10 Å². The van der Waals surface area contributed by atoms with Gasteiger partial charge in [0.2, 0.25) is 5.91 Å². The van der Waals surface area contributed by atoms with Gasteiger partial charge in [-0.15, -0.1) is 0 Å². The number of aromatic amines is 1. The van der Waals surface area contributed by atoms with Crippen molar-refractivity contribution in [2.24, 2.45) is 11.7 Å². The van der Waals surface area contributed by atoms with Gasteiger partial charge in [0.1, 0.15) is 0 Å². The van der Waals surface area contributed by atoms with E-state index in [2.05, 4.69) is 15.5 Å². The standard InChI is InChI=1S/C14H18N4O/c15-11-3-1-2-9(6-11)14(19)17-12-4-5-13-10(7-12)8-16-18-13/h4-5,7-9,11H,1-3,6,15H2,(H,16,18)(H,17,19)/t9-,11-/m0/s1. The number of nitrogens with two attached hydrogens (primary N) is 1. The first-order valence-electron chi connectivity index (χ1n) is 6.72. The van der Waals surface area contributed by atoms with Crippen LogP contribution in [0.25, 0.3) is 10.9 Å². The molecular weight excluding hydrogens is 240 g/mol. The highest BCUT2D eigenvalue weighted by Crippen LogP contribution is 2.25. The number of hydrogen-bond acceptors (Lipinski definition) is 3. The molecule has 5 heteroatoms. The normalized spacial score (nSPS) is 23.4. The molecule has 1 fully saturated rings. The van der Waals surface area contributed by atoms with Gasteiger partial charge >= 0.3 is 0 Å². The second kappa shape index (κ2) is 5.01. The van der Waals surface area contributed by atoms with Crippen LogP contribution in [0.4, 0.5) is 5.69 Å². The molecule has 2 atom stereocenters. The quantitative estimate of drug-likeness (QED) is 0.770. The number of nitrogens with one attached hydrogen (secondary N) is 2. The van der Waals surface area contributed by atoms with E-state index < -0.39 is 0 Å². The number of amides is 1. The van der Waals surface area contributed by atoms with Crippen molar-refractivity contribution in [2.45, 2.75) is 31.7 Å². The Morgan fingerprint density at radius 1 is 1.42 bits per heavy atom. The summed E-state index contributed by atoms with van der Waals surface area (Å²) < 4.78 is 0. The Bertz CT molecular complexity index is 592. The summed E-state index contributed by atoms with van der Waals surface area (Å²) in [6.45, 7) is 0. The molecular formula is C14H18N4O. The Labute approximate surface area is 111 Å². The molecule has 0 bridgehead atoms. The molecule has 0 spiro atoms. The van der Waals surface area contributed by atoms with Crippen molar-refractivity contribution in [3.05, 3.63) is 24.4 Å². The second-order valence-electron chi connectivity index (χ2n) is 5.28. The van der Waals surface area contributed by atoms with Crippen LogP contribution in [0.2, 0.25) is 0 Å². The number of carbonyl (C=O) groups excluding carboxylic acids is 1. The fourth-order valence-electron chi connectivity index (χ4n) is 2.73. The molecule has 0 saturated heterocycles. The molecule has 1 saturated carbocycles. The summed E-state index contributed by atoms with van der Waals surface area (Å²) in [5, 5.41) is 10.8. The lowest BCUT2D eigenvalue weighted by atomic mass is 9.85. The van der Waals surface area contributed by atoms with Crippen LogP contribution >= 0.6 is 0 Å². The van der Waals surface area contributed by atoms with Gasteiger partial charge < -0.3 is 11.1 Å². The highest BCUT2D eigenvalue weighted by atomic mass is 16.1. The summed E-state index contributed by atoms with van der Waals surface area (Å²) in [7, 11) is 0. The topological polar surface area (TPSA) is 83.8 Å². The second-order valence-corrected chi connectivity index (χ2v) is 5.28. The maximum Gasteiger partial charge on any atom is 0.227 e. The Kier molecular flexibility index (Phi) is 3.21. The minimum absolute atomic E-state index is 0.0452. The largest absolute Gasteiger partial charge is 0.328 e. The van der Waals surface area contributed by atoms with Gasteiger partial charge in [0.25, 0.3) is 0 Å².